The second kappa shape index (κ2) is 9.70. The van der Waals surface area contributed by atoms with Crippen LogP contribution >= 0.6 is 11.3 Å². The largest absolute Gasteiger partial charge is 0.430 e. The molecule has 4 rings (SSSR count). The summed E-state index contributed by atoms with van der Waals surface area (Å²) in [5.41, 5.74) is -7.74. The van der Waals surface area contributed by atoms with Crippen LogP contribution in [0.2, 0.25) is 0 Å². The van der Waals surface area contributed by atoms with E-state index in [1.54, 1.807) is 6.92 Å². The Morgan fingerprint density at radius 3 is 2.17 bits per heavy atom. The molecular formula is C24H24F8N4O3S. The first kappa shape index (κ1) is 30.3. The zero-order valence-corrected chi connectivity index (χ0v) is 22.3. The summed E-state index contributed by atoms with van der Waals surface area (Å²) in [6.45, 7) is 4.94. The molecule has 0 radical (unpaired) electrons. The summed E-state index contributed by atoms with van der Waals surface area (Å²) in [6.07, 6.45) is -12.5. The van der Waals surface area contributed by atoms with E-state index in [0.717, 1.165) is 17.4 Å². The van der Waals surface area contributed by atoms with Crippen LogP contribution < -0.4 is 0 Å². The summed E-state index contributed by atoms with van der Waals surface area (Å²) in [5, 5.41) is 27.6. The Balaban J connectivity index is 1.82. The molecule has 0 bridgehead atoms. The van der Waals surface area contributed by atoms with Gasteiger partial charge in [0.15, 0.2) is 5.01 Å². The van der Waals surface area contributed by atoms with Gasteiger partial charge in [-0.1, -0.05) is 18.2 Å². The van der Waals surface area contributed by atoms with E-state index in [2.05, 4.69) is 15.2 Å². The molecule has 1 unspecified atom stereocenters. The van der Waals surface area contributed by atoms with Gasteiger partial charge in [-0.25, -0.2) is 13.8 Å². The molecule has 220 valence electrons. The van der Waals surface area contributed by atoms with Gasteiger partial charge >= 0.3 is 12.4 Å². The molecule has 7 nitrogen and oxygen atoms in total. The number of benzene rings is 1. The molecule has 16 heteroatoms. The summed E-state index contributed by atoms with van der Waals surface area (Å²) in [6, 6.07) is 1.52. The molecule has 1 fully saturated rings. The Labute approximate surface area is 226 Å². The first-order valence-electron chi connectivity index (χ1n) is 11.8. The number of rotatable bonds is 6. The summed E-state index contributed by atoms with van der Waals surface area (Å²) < 4.78 is 114. The lowest BCUT2D eigenvalue weighted by Crippen LogP contribution is -2.53. The van der Waals surface area contributed by atoms with Gasteiger partial charge in [-0.2, -0.15) is 26.3 Å². The molecule has 3 heterocycles. The lowest BCUT2D eigenvalue weighted by atomic mass is 9.89. The van der Waals surface area contributed by atoms with Gasteiger partial charge in [-0.05, 0) is 38.8 Å². The summed E-state index contributed by atoms with van der Waals surface area (Å²) in [7, 11) is 0. The maximum absolute atomic E-state index is 14.0. The van der Waals surface area contributed by atoms with Crippen LogP contribution in [0.25, 0.3) is 21.3 Å². The van der Waals surface area contributed by atoms with E-state index in [1.807, 2.05) is 0 Å². The molecule has 1 aliphatic heterocycles. The average molecular weight is 601 g/mol. The van der Waals surface area contributed by atoms with Crippen LogP contribution in [0.15, 0.2) is 22.6 Å². The minimum Gasteiger partial charge on any atom is -0.415 e. The lowest BCUT2D eigenvalue weighted by molar-refractivity contribution is -0.376. The van der Waals surface area contributed by atoms with Crippen molar-refractivity contribution in [2.45, 2.75) is 76.2 Å². The van der Waals surface area contributed by atoms with E-state index in [0.29, 0.717) is 12.1 Å². The van der Waals surface area contributed by atoms with Crippen LogP contribution in [0.3, 0.4) is 0 Å². The van der Waals surface area contributed by atoms with E-state index >= 15 is 0 Å². The minimum atomic E-state index is -6.06. The molecular weight excluding hydrogens is 576 g/mol. The Morgan fingerprint density at radius 2 is 1.70 bits per heavy atom. The average Bonchev–Trinajstić information content (AvgIpc) is 3.49. The lowest BCUT2D eigenvalue weighted by Gasteiger charge is -2.33. The Kier molecular flexibility index (Phi) is 7.34. The van der Waals surface area contributed by atoms with E-state index in [4.69, 9.17) is 4.42 Å². The summed E-state index contributed by atoms with van der Waals surface area (Å²) >= 11 is 0.903. The molecule has 0 amide bonds. The third kappa shape index (κ3) is 5.45. The third-order valence-electron chi connectivity index (χ3n) is 6.54. The fourth-order valence-electron chi connectivity index (χ4n) is 4.43. The highest BCUT2D eigenvalue weighted by atomic mass is 32.1. The van der Waals surface area contributed by atoms with E-state index in [-0.39, 0.29) is 45.0 Å². The quantitative estimate of drug-likeness (QED) is 0.339. The number of likely N-dealkylation sites (tertiary alicyclic amines) is 1. The van der Waals surface area contributed by atoms with Gasteiger partial charge in [0.1, 0.15) is 5.60 Å². The van der Waals surface area contributed by atoms with E-state index in [1.165, 1.54) is 25.7 Å². The number of aromatic nitrogens is 3. The van der Waals surface area contributed by atoms with Crippen molar-refractivity contribution in [1.82, 2.24) is 20.1 Å². The highest BCUT2D eigenvalue weighted by Gasteiger charge is 2.71. The molecule has 3 aromatic rings. The number of aryl methyl sites for hydroxylation is 1. The number of alkyl halides is 8. The van der Waals surface area contributed by atoms with Crippen LogP contribution in [0, 0.1) is 6.92 Å². The highest BCUT2D eigenvalue weighted by Crippen LogP contribution is 2.51. The number of thiazole rings is 1. The van der Waals surface area contributed by atoms with Gasteiger partial charge < -0.3 is 14.6 Å². The standard InChI is InChI=1S/C24H24F8N4O3S/c1-11-7-13(22(38,23(27,28)29)24(30,31)32)5-6-14(11)16-15(9-36-10-21(25,26)8-12(36)2)33-18(40-16)17-34-35-19(39-17)20(3,4)37/h5-7,12,37-38H,8-10H2,1-4H3. The first-order chi connectivity index (χ1) is 18.1. The molecule has 40 heavy (non-hydrogen) atoms. The molecule has 0 aliphatic carbocycles. The molecule has 2 aromatic heterocycles. The second-order valence-electron chi connectivity index (χ2n) is 10.3. The van der Waals surface area contributed by atoms with Crippen molar-refractivity contribution in [1.29, 1.82) is 0 Å². The van der Waals surface area contributed by atoms with Crippen molar-refractivity contribution >= 4 is 11.3 Å². The van der Waals surface area contributed by atoms with Crippen molar-refractivity contribution in [2.24, 2.45) is 0 Å². The van der Waals surface area contributed by atoms with Gasteiger partial charge in [0, 0.05) is 24.6 Å². The fourth-order valence-corrected chi connectivity index (χ4v) is 5.52. The highest BCUT2D eigenvalue weighted by molar-refractivity contribution is 7.18. The number of hydrogen-bond donors (Lipinski definition) is 2. The monoisotopic (exact) mass is 600 g/mol. The van der Waals surface area contributed by atoms with Gasteiger partial charge in [0.25, 0.3) is 17.4 Å². The van der Waals surface area contributed by atoms with E-state index in [9.17, 15) is 45.3 Å². The maximum Gasteiger partial charge on any atom is 0.430 e. The van der Waals surface area contributed by atoms with Gasteiger partial charge in [-0.15, -0.1) is 21.5 Å². The molecule has 1 atom stereocenters. The Hall–Kier alpha value is -2.69. The molecule has 2 N–H and O–H groups in total. The van der Waals surface area contributed by atoms with Crippen LogP contribution in [0.1, 0.15) is 49.9 Å². The summed E-state index contributed by atoms with van der Waals surface area (Å²) in [4.78, 5) is 6.14. The van der Waals surface area contributed by atoms with Gasteiger partial charge in [-0.3, -0.25) is 4.90 Å². The Bertz CT molecular complexity index is 1380. The SMILES string of the molecule is Cc1cc(C(O)(C(F)(F)F)C(F)(F)F)ccc1-c1sc(-c2nnc(C(C)(C)O)o2)nc1CN1CC(F)(F)CC1C. The zero-order valence-electron chi connectivity index (χ0n) is 21.5. The smallest absolute Gasteiger partial charge is 0.415 e. The minimum absolute atomic E-state index is 0.0663. The normalized spacial score (nSPS) is 19.0. The first-order valence-corrected chi connectivity index (χ1v) is 12.6. The topological polar surface area (TPSA) is 95.5 Å². The molecule has 1 saturated heterocycles. The maximum atomic E-state index is 14.0. The van der Waals surface area contributed by atoms with Crippen molar-refractivity contribution in [3.05, 3.63) is 40.9 Å². The van der Waals surface area contributed by atoms with Crippen molar-refractivity contribution < 1.29 is 49.8 Å². The number of aliphatic hydroxyl groups is 2. The zero-order chi connectivity index (χ0) is 30.1. The number of hydrogen-bond acceptors (Lipinski definition) is 8. The second-order valence-corrected chi connectivity index (χ2v) is 11.3. The van der Waals surface area contributed by atoms with Crippen LogP contribution in [0.5, 0.6) is 0 Å². The predicted molar refractivity (Wildman–Crippen MR) is 126 cm³/mol. The van der Waals surface area contributed by atoms with Crippen LogP contribution in [-0.2, 0) is 17.7 Å². The van der Waals surface area contributed by atoms with Gasteiger partial charge in [0.2, 0.25) is 5.89 Å². The molecule has 1 aromatic carbocycles. The van der Waals surface area contributed by atoms with Crippen molar-refractivity contribution in [2.75, 3.05) is 6.54 Å². The predicted octanol–water partition coefficient (Wildman–Crippen LogP) is 5.94. The molecule has 1 aliphatic rings. The van der Waals surface area contributed by atoms with E-state index < -0.39 is 54.0 Å². The number of halogens is 8. The molecule has 0 saturated carbocycles. The Morgan fingerprint density at radius 1 is 1.07 bits per heavy atom. The number of nitrogens with zero attached hydrogens (tertiary/aromatic N) is 4. The van der Waals surface area contributed by atoms with Crippen molar-refractivity contribution in [3.63, 3.8) is 0 Å². The molecule has 0 spiro atoms. The van der Waals surface area contributed by atoms with Gasteiger partial charge in [0.05, 0.1) is 17.1 Å². The fraction of sp³-hybridized carbons (Fsp3) is 0.542. The van der Waals surface area contributed by atoms with Crippen LogP contribution in [-0.4, -0.2) is 61.2 Å². The third-order valence-corrected chi connectivity index (χ3v) is 7.66. The van der Waals surface area contributed by atoms with Crippen LogP contribution in [0.4, 0.5) is 35.1 Å². The summed E-state index contributed by atoms with van der Waals surface area (Å²) in [5.74, 6) is -3.23. The van der Waals surface area contributed by atoms with Crippen molar-refractivity contribution in [3.8, 4) is 21.3 Å².